The largest absolute Gasteiger partial charge is 0.264 e. The molecule has 1 unspecified atom stereocenters. The van der Waals surface area contributed by atoms with E-state index in [1.165, 1.54) is 16.7 Å². The van der Waals surface area contributed by atoms with Gasteiger partial charge < -0.3 is 0 Å². The van der Waals surface area contributed by atoms with Gasteiger partial charge >= 0.3 is 0 Å². The molecule has 86 valence electrons. The summed E-state index contributed by atoms with van der Waals surface area (Å²) in [6.07, 6.45) is 6.83. The van der Waals surface area contributed by atoms with Gasteiger partial charge in [-0.15, -0.1) is 0 Å². The van der Waals surface area contributed by atoms with Crippen LogP contribution in [0.15, 0.2) is 42.7 Å². The van der Waals surface area contributed by atoms with Crippen molar-refractivity contribution in [1.29, 1.82) is 0 Å². The average Bonchev–Trinajstić information content (AvgIpc) is 2.73. The van der Waals surface area contributed by atoms with Gasteiger partial charge in [-0.3, -0.25) is 4.98 Å². The molecular weight excluding hydrogens is 213 g/mol. The second-order valence-electron chi connectivity index (χ2n) is 4.64. The Morgan fingerprint density at radius 1 is 1.29 bits per heavy atom. The van der Waals surface area contributed by atoms with E-state index in [-0.39, 0.29) is 5.82 Å². The Morgan fingerprint density at radius 2 is 2.24 bits per heavy atom. The van der Waals surface area contributed by atoms with Gasteiger partial charge in [0.25, 0.3) is 0 Å². The van der Waals surface area contributed by atoms with Gasteiger partial charge in [-0.25, -0.2) is 4.39 Å². The highest BCUT2D eigenvalue weighted by Gasteiger charge is 2.22. The van der Waals surface area contributed by atoms with Crippen LogP contribution in [0.4, 0.5) is 4.39 Å². The van der Waals surface area contributed by atoms with Crippen molar-refractivity contribution in [3.8, 4) is 0 Å². The Hall–Kier alpha value is -1.70. The first kappa shape index (κ1) is 10.5. The van der Waals surface area contributed by atoms with Crippen LogP contribution in [0.5, 0.6) is 0 Å². The van der Waals surface area contributed by atoms with Crippen molar-refractivity contribution >= 4 is 0 Å². The minimum absolute atomic E-state index is 0.120. The Kier molecular flexibility index (Phi) is 2.63. The molecule has 1 aliphatic rings. The molecule has 0 radical (unpaired) electrons. The van der Waals surface area contributed by atoms with Crippen molar-refractivity contribution in [1.82, 2.24) is 4.98 Å². The number of aryl methyl sites for hydroxylation is 1. The molecule has 1 nitrogen and oxygen atoms in total. The first-order valence-electron chi connectivity index (χ1n) is 6.00. The van der Waals surface area contributed by atoms with Crippen LogP contribution in [0.25, 0.3) is 0 Å². The molecule has 0 saturated carbocycles. The van der Waals surface area contributed by atoms with Gasteiger partial charge in [0.2, 0.25) is 0 Å². The summed E-state index contributed by atoms with van der Waals surface area (Å²) in [5.41, 5.74) is 3.75. The summed E-state index contributed by atoms with van der Waals surface area (Å²) in [4.78, 5) is 4.14. The number of halogens is 1. The molecule has 1 heterocycles. The monoisotopic (exact) mass is 227 g/mol. The number of aromatic nitrogens is 1. The maximum absolute atomic E-state index is 13.1. The highest BCUT2D eigenvalue weighted by Crippen LogP contribution is 2.35. The van der Waals surface area contributed by atoms with E-state index < -0.39 is 0 Å². The lowest BCUT2D eigenvalue weighted by Gasteiger charge is -2.11. The summed E-state index contributed by atoms with van der Waals surface area (Å²) in [5.74, 6) is 0.403. The van der Waals surface area contributed by atoms with Crippen molar-refractivity contribution in [2.24, 2.45) is 0 Å². The van der Waals surface area contributed by atoms with Gasteiger partial charge in [-0.05, 0) is 60.1 Å². The minimum Gasteiger partial charge on any atom is -0.264 e. The third-order valence-electron chi connectivity index (χ3n) is 3.51. The maximum atomic E-state index is 13.1. The van der Waals surface area contributed by atoms with Crippen LogP contribution in [0.1, 0.15) is 29.0 Å². The maximum Gasteiger partial charge on any atom is 0.123 e. The summed E-state index contributed by atoms with van der Waals surface area (Å²) in [6, 6.07) is 9.27. The number of rotatable bonds is 2. The van der Waals surface area contributed by atoms with Crippen LogP contribution in [0.2, 0.25) is 0 Å². The SMILES string of the molecule is Fc1ccc2c(c1)CCC2Cc1cccnc1. The number of hydrogen-bond donors (Lipinski definition) is 0. The quantitative estimate of drug-likeness (QED) is 0.765. The van der Waals surface area contributed by atoms with Crippen LogP contribution < -0.4 is 0 Å². The van der Waals surface area contributed by atoms with Gasteiger partial charge in [0.05, 0.1) is 0 Å². The molecule has 0 N–H and O–H groups in total. The van der Waals surface area contributed by atoms with E-state index in [0.29, 0.717) is 5.92 Å². The van der Waals surface area contributed by atoms with Crippen molar-refractivity contribution in [3.05, 3.63) is 65.2 Å². The molecule has 1 atom stereocenters. The van der Waals surface area contributed by atoms with Gasteiger partial charge in [0, 0.05) is 12.4 Å². The van der Waals surface area contributed by atoms with Crippen LogP contribution in [-0.2, 0) is 12.8 Å². The normalized spacial score (nSPS) is 18.1. The molecule has 0 aliphatic heterocycles. The predicted octanol–water partition coefficient (Wildman–Crippen LogP) is 3.49. The van der Waals surface area contributed by atoms with E-state index in [2.05, 4.69) is 11.1 Å². The predicted molar refractivity (Wildman–Crippen MR) is 65.4 cm³/mol. The highest BCUT2D eigenvalue weighted by atomic mass is 19.1. The number of hydrogen-bond acceptors (Lipinski definition) is 1. The van der Waals surface area contributed by atoms with E-state index in [0.717, 1.165) is 19.3 Å². The van der Waals surface area contributed by atoms with E-state index in [1.807, 2.05) is 18.3 Å². The van der Waals surface area contributed by atoms with Gasteiger partial charge in [-0.2, -0.15) is 0 Å². The molecule has 1 aromatic heterocycles. The molecular formula is C15H14FN. The minimum atomic E-state index is -0.120. The molecule has 0 spiro atoms. The second kappa shape index (κ2) is 4.28. The Bertz CT molecular complexity index is 522. The summed E-state index contributed by atoms with van der Waals surface area (Å²) >= 11 is 0. The fraction of sp³-hybridized carbons (Fsp3) is 0.267. The number of pyridine rings is 1. The standard InChI is InChI=1S/C15H14FN/c16-14-5-6-15-12(3-4-13(15)9-14)8-11-2-1-7-17-10-11/h1-2,5-7,9-10,12H,3-4,8H2. The average molecular weight is 227 g/mol. The molecule has 17 heavy (non-hydrogen) atoms. The highest BCUT2D eigenvalue weighted by molar-refractivity contribution is 5.36. The third-order valence-corrected chi connectivity index (χ3v) is 3.51. The van der Waals surface area contributed by atoms with E-state index >= 15 is 0 Å². The summed E-state index contributed by atoms with van der Waals surface area (Å²) in [5, 5.41) is 0. The molecule has 0 saturated heterocycles. The van der Waals surface area contributed by atoms with Crippen LogP contribution in [0, 0.1) is 5.82 Å². The molecule has 2 heteroatoms. The Morgan fingerprint density at radius 3 is 3.06 bits per heavy atom. The van der Waals surface area contributed by atoms with E-state index in [1.54, 1.807) is 18.3 Å². The molecule has 0 bridgehead atoms. The Balaban J connectivity index is 1.85. The van der Waals surface area contributed by atoms with Crippen LogP contribution in [0.3, 0.4) is 0 Å². The molecule has 2 aromatic rings. The lowest BCUT2D eigenvalue weighted by molar-refractivity contribution is 0.625. The summed E-state index contributed by atoms with van der Waals surface area (Å²) < 4.78 is 13.1. The fourth-order valence-corrected chi connectivity index (χ4v) is 2.69. The lowest BCUT2D eigenvalue weighted by Crippen LogP contribution is -1.99. The zero-order valence-corrected chi connectivity index (χ0v) is 9.57. The van der Waals surface area contributed by atoms with E-state index in [4.69, 9.17) is 0 Å². The lowest BCUT2D eigenvalue weighted by atomic mass is 9.94. The molecule has 0 amide bonds. The molecule has 3 rings (SSSR count). The van der Waals surface area contributed by atoms with Crippen molar-refractivity contribution in [3.63, 3.8) is 0 Å². The van der Waals surface area contributed by atoms with Crippen LogP contribution in [-0.4, -0.2) is 4.98 Å². The van der Waals surface area contributed by atoms with Crippen molar-refractivity contribution in [2.75, 3.05) is 0 Å². The fourth-order valence-electron chi connectivity index (χ4n) is 2.69. The topological polar surface area (TPSA) is 12.9 Å². The number of benzene rings is 1. The van der Waals surface area contributed by atoms with Crippen molar-refractivity contribution < 1.29 is 4.39 Å². The number of fused-ring (bicyclic) bond motifs is 1. The van der Waals surface area contributed by atoms with Gasteiger partial charge in [-0.1, -0.05) is 12.1 Å². The first-order valence-corrected chi connectivity index (χ1v) is 6.00. The van der Waals surface area contributed by atoms with Gasteiger partial charge in [0.15, 0.2) is 0 Å². The zero-order chi connectivity index (χ0) is 11.7. The summed E-state index contributed by atoms with van der Waals surface area (Å²) in [6.45, 7) is 0. The second-order valence-corrected chi connectivity index (χ2v) is 4.64. The number of nitrogens with zero attached hydrogens (tertiary/aromatic N) is 1. The van der Waals surface area contributed by atoms with Crippen molar-refractivity contribution in [2.45, 2.75) is 25.2 Å². The first-order chi connectivity index (χ1) is 8.33. The van der Waals surface area contributed by atoms with Gasteiger partial charge in [0.1, 0.15) is 5.82 Å². The third kappa shape index (κ3) is 2.07. The molecule has 1 aromatic carbocycles. The smallest absolute Gasteiger partial charge is 0.123 e. The molecule has 0 fully saturated rings. The van der Waals surface area contributed by atoms with Crippen LogP contribution >= 0.6 is 0 Å². The molecule has 1 aliphatic carbocycles. The van der Waals surface area contributed by atoms with E-state index in [9.17, 15) is 4.39 Å². The Labute approximate surface area is 100 Å². The zero-order valence-electron chi connectivity index (χ0n) is 9.57. The summed E-state index contributed by atoms with van der Waals surface area (Å²) in [7, 11) is 0.